The number of aryl methyl sites for hydroxylation is 1. The number of hydrogen-bond donors (Lipinski definition) is 1. The van der Waals surface area contributed by atoms with Gasteiger partial charge in [0.25, 0.3) is 0 Å². The Kier molecular flexibility index (Phi) is 2.14. The van der Waals surface area contributed by atoms with E-state index in [1.165, 1.54) is 6.33 Å². The first-order valence-corrected chi connectivity index (χ1v) is 4.39. The van der Waals surface area contributed by atoms with Gasteiger partial charge in [-0.1, -0.05) is 6.07 Å². The monoisotopic (exact) mass is 185 g/mol. The molecule has 0 unspecified atom stereocenters. The van der Waals surface area contributed by atoms with E-state index in [9.17, 15) is 0 Å². The summed E-state index contributed by atoms with van der Waals surface area (Å²) in [5.41, 5.74) is 9.74. The van der Waals surface area contributed by atoms with Gasteiger partial charge < -0.3 is 5.73 Å². The first kappa shape index (κ1) is 8.69. The van der Waals surface area contributed by atoms with E-state index in [2.05, 4.69) is 9.97 Å². The molecule has 1 heterocycles. The van der Waals surface area contributed by atoms with Gasteiger partial charge in [0.1, 0.15) is 6.33 Å². The lowest BCUT2D eigenvalue weighted by Gasteiger charge is -2.05. The van der Waals surface area contributed by atoms with Crippen molar-refractivity contribution in [2.24, 2.45) is 0 Å². The van der Waals surface area contributed by atoms with Gasteiger partial charge in [0, 0.05) is 23.6 Å². The lowest BCUT2D eigenvalue weighted by molar-refractivity contribution is 1.17. The second-order valence-corrected chi connectivity index (χ2v) is 3.20. The summed E-state index contributed by atoms with van der Waals surface area (Å²) in [6, 6.07) is 5.82. The first-order chi connectivity index (χ1) is 6.77. The van der Waals surface area contributed by atoms with Crippen molar-refractivity contribution in [3.8, 4) is 11.1 Å². The van der Waals surface area contributed by atoms with Crippen LogP contribution < -0.4 is 5.73 Å². The van der Waals surface area contributed by atoms with E-state index >= 15 is 0 Å². The van der Waals surface area contributed by atoms with E-state index in [4.69, 9.17) is 5.73 Å². The third kappa shape index (κ3) is 1.57. The second-order valence-electron chi connectivity index (χ2n) is 3.20. The van der Waals surface area contributed by atoms with Gasteiger partial charge in [-0.3, -0.25) is 0 Å². The van der Waals surface area contributed by atoms with Gasteiger partial charge in [0.15, 0.2) is 0 Å². The Morgan fingerprint density at radius 2 is 1.86 bits per heavy atom. The van der Waals surface area contributed by atoms with Crippen molar-refractivity contribution < 1.29 is 0 Å². The van der Waals surface area contributed by atoms with Crippen LogP contribution in [0, 0.1) is 6.92 Å². The molecule has 0 bridgehead atoms. The standard InChI is InChI=1S/C11H11N3/c1-8-4-10(12)2-3-11(8)9-5-13-7-14-6-9/h2-7H,12H2,1H3. The number of hydrogen-bond acceptors (Lipinski definition) is 3. The highest BCUT2D eigenvalue weighted by Crippen LogP contribution is 2.23. The van der Waals surface area contributed by atoms with E-state index in [1.807, 2.05) is 25.1 Å². The highest BCUT2D eigenvalue weighted by atomic mass is 14.8. The molecule has 2 rings (SSSR count). The van der Waals surface area contributed by atoms with E-state index in [0.717, 1.165) is 22.4 Å². The van der Waals surface area contributed by atoms with Gasteiger partial charge in [-0.15, -0.1) is 0 Å². The van der Waals surface area contributed by atoms with Gasteiger partial charge in [0.2, 0.25) is 0 Å². The predicted molar refractivity (Wildman–Crippen MR) is 56.6 cm³/mol. The quantitative estimate of drug-likeness (QED) is 0.691. The molecular formula is C11H11N3. The highest BCUT2D eigenvalue weighted by Gasteiger charge is 2.01. The van der Waals surface area contributed by atoms with Crippen molar-refractivity contribution in [1.82, 2.24) is 9.97 Å². The second kappa shape index (κ2) is 3.46. The zero-order chi connectivity index (χ0) is 9.97. The molecule has 1 aromatic heterocycles. The number of rotatable bonds is 1. The molecule has 0 saturated heterocycles. The molecule has 0 atom stereocenters. The highest BCUT2D eigenvalue weighted by molar-refractivity contribution is 5.68. The number of nitrogens with zero attached hydrogens (tertiary/aromatic N) is 2. The summed E-state index contributed by atoms with van der Waals surface area (Å²) < 4.78 is 0. The maximum absolute atomic E-state index is 5.67. The smallest absolute Gasteiger partial charge is 0.115 e. The van der Waals surface area contributed by atoms with Crippen molar-refractivity contribution in [2.45, 2.75) is 6.92 Å². The summed E-state index contributed by atoms with van der Waals surface area (Å²) in [5.74, 6) is 0. The van der Waals surface area contributed by atoms with Gasteiger partial charge >= 0.3 is 0 Å². The molecule has 2 N–H and O–H groups in total. The van der Waals surface area contributed by atoms with Crippen LogP contribution >= 0.6 is 0 Å². The normalized spacial score (nSPS) is 10.1. The Labute approximate surface area is 82.6 Å². The molecular weight excluding hydrogens is 174 g/mol. The Hall–Kier alpha value is -1.90. The minimum absolute atomic E-state index is 0.781. The lowest BCUT2D eigenvalue weighted by Crippen LogP contribution is -1.89. The largest absolute Gasteiger partial charge is 0.399 e. The topological polar surface area (TPSA) is 51.8 Å². The summed E-state index contributed by atoms with van der Waals surface area (Å²) in [5, 5.41) is 0. The summed E-state index contributed by atoms with van der Waals surface area (Å²) >= 11 is 0. The molecule has 0 amide bonds. The van der Waals surface area contributed by atoms with Crippen LogP contribution in [0.15, 0.2) is 36.9 Å². The molecule has 3 heteroatoms. The minimum atomic E-state index is 0.781. The molecule has 0 saturated carbocycles. The number of benzene rings is 1. The summed E-state index contributed by atoms with van der Waals surface area (Å²) in [4.78, 5) is 7.96. The Morgan fingerprint density at radius 3 is 2.50 bits per heavy atom. The zero-order valence-electron chi connectivity index (χ0n) is 7.94. The van der Waals surface area contributed by atoms with Crippen molar-refractivity contribution in [3.63, 3.8) is 0 Å². The fraction of sp³-hybridized carbons (Fsp3) is 0.0909. The summed E-state index contributed by atoms with van der Waals surface area (Å²) in [7, 11) is 0. The average molecular weight is 185 g/mol. The fourth-order valence-electron chi connectivity index (χ4n) is 1.45. The molecule has 0 radical (unpaired) electrons. The maximum Gasteiger partial charge on any atom is 0.115 e. The van der Waals surface area contributed by atoms with Crippen LogP contribution in [-0.2, 0) is 0 Å². The third-order valence-electron chi connectivity index (χ3n) is 2.12. The predicted octanol–water partition coefficient (Wildman–Crippen LogP) is 2.03. The number of nitrogens with two attached hydrogens (primary N) is 1. The van der Waals surface area contributed by atoms with Crippen LogP contribution in [0.3, 0.4) is 0 Å². The SMILES string of the molecule is Cc1cc(N)ccc1-c1cncnc1. The van der Waals surface area contributed by atoms with Crippen molar-refractivity contribution in [1.29, 1.82) is 0 Å². The molecule has 0 aliphatic heterocycles. The summed E-state index contributed by atoms with van der Waals surface area (Å²) in [6.45, 7) is 2.03. The van der Waals surface area contributed by atoms with Crippen molar-refractivity contribution in [3.05, 3.63) is 42.5 Å². The van der Waals surface area contributed by atoms with Gasteiger partial charge in [-0.2, -0.15) is 0 Å². The third-order valence-corrected chi connectivity index (χ3v) is 2.12. The van der Waals surface area contributed by atoms with Gasteiger partial charge in [-0.05, 0) is 30.2 Å². The Balaban J connectivity index is 2.53. The molecule has 0 aliphatic carbocycles. The molecule has 1 aromatic carbocycles. The molecule has 0 spiro atoms. The van der Waals surface area contributed by atoms with E-state index in [1.54, 1.807) is 12.4 Å². The molecule has 3 nitrogen and oxygen atoms in total. The zero-order valence-corrected chi connectivity index (χ0v) is 7.94. The molecule has 70 valence electrons. The van der Waals surface area contributed by atoms with Crippen molar-refractivity contribution in [2.75, 3.05) is 5.73 Å². The van der Waals surface area contributed by atoms with Crippen LogP contribution in [0.1, 0.15) is 5.56 Å². The number of anilines is 1. The van der Waals surface area contributed by atoms with Crippen LogP contribution in [0.2, 0.25) is 0 Å². The van der Waals surface area contributed by atoms with E-state index in [-0.39, 0.29) is 0 Å². The average Bonchev–Trinajstić information content (AvgIpc) is 2.19. The summed E-state index contributed by atoms with van der Waals surface area (Å²) in [6.07, 6.45) is 5.12. The van der Waals surface area contributed by atoms with Crippen LogP contribution in [0.4, 0.5) is 5.69 Å². The minimum Gasteiger partial charge on any atom is -0.399 e. The van der Waals surface area contributed by atoms with Crippen LogP contribution in [0.5, 0.6) is 0 Å². The molecule has 0 fully saturated rings. The fourth-order valence-corrected chi connectivity index (χ4v) is 1.45. The first-order valence-electron chi connectivity index (χ1n) is 4.39. The van der Waals surface area contributed by atoms with Gasteiger partial charge in [-0.25, -0.2) is 9.97 Å². The molecule has 0 aliphatic rings. The Morgan fingerprint density at radius 1 is 1.14 bits per heavy atom. The van der Waals surface area contributed by atoms with E-state index < -0.39 is 0 Å². The van der Waals surface area contributed by atoms with Crippen molar-refractivity contribution >= 4 is 5.69 Å². The number of nitrogen functional groups attached to an aromatic ring is 1. The molecule has 2 aromatic rings. The lowest BCUT2D eigenvalue weighted by atomic mass is 10.0. The molecule has 14 heavy (non-hydrogen) atoms. The van der Waals surface area contributed by atoms with E-state index in [0.29, 0.717) is 0 Å². The van der Waals surface area contributed by atoms with Gasteiger partial charge in [0.05, 0.1) is 0 Å². The maximum atomic E-state index is 5.67. The number of aromatic nitrogens is 2. The van der Waals surface area contributed by atoms with Crippen LogP contribution in [-0.4, -0.2) is 9.97 Å². The van der Waals surface area contributed by atoms with Crippen LogP contribution in [0.25, 0.3) is 11.1 Å². The Bertz CT molecular complexity index is 438.